The third kappa shape index (κ3) is 4.11. The minimum absolute atomic E-state index is 0.272. The van der Waals surface area contributed by atoms with Crippen molar-refractivity contribution in [2.45, 2.75) is 53.5 Å². The van der Waals surface area contributed by atoms with Gasteiger partial charge in [-0.25, -0.2) is 4.98 Å². The van der Waals surface area contributed by atoms with Gasteiger partial charge >= 0.3 is 0 Å². The normalized spacial score (nSPS) is 14.8. The van der Waals surface area contributed by atoms with E-state index in [4.69, 9.17) is 0 Å². The monoisotopic (exact) mass is 238 g/mol. The van der Waals surface area contributed by atoms with Crippen LogP contribution in [0.2, 0.25) is 0 Å². The fraction of sp³-hybridized carbons (Fsp3) is 0.846. The number of rotatable bonds is 8. The first kappa shape index (κ1) is 14.2. The van der Waals surface area contributed by atoms with Gasteiger partial charge < -0.3 is 5.32 Å². The zero-order chi connectivity index (χ0) is 12.7. The summed E-state index contributed by atoms with van der Waals surface area (Å²) in [6.07, 6.45) is 4.93. The Morgan fingerprint density at radius 2 is 2.12 bits per heavy atom. The molecule has 0 aliphatic heterocycles. The molecule has 1 aromatic heterocycles. The predicted octanol–water partition coefficient (Wildman–Crippen LogP) is 2.26. The molecule has 0 aliphatic carbocycles. The van der Waals surface area contributed by atoms with Crippen molar-refractivity contribution in [3.63, 3.8) is 0 Å². The molecule has 1 atom stereocenters. The molecule has 1 unspecified atom stereocenters. The molecule has 4 nitrogen and oxygen atoms in total. The minimum Gasteiger partial charge on any atom is -0.316 e. The van der Waals surface area contributed by atoms with Crippen molar-refractivity contribution in [1.82, 2.24) is 20.1 Å². The molecule has 0 amide bonds. The molecule has 0 saturated carbocycles. The fourth-order valence-corrected chi connectivity index (χ4v) is 1.94. The average molecular weight is 238 g/mol. The Hall–Kier alpha value is -0.900. The Bertz CT molecular complexity index is 321. The van der Waals surface area contributed by atoms with Gasteiger partial charge in [0, 0.05) is 19.5 Å². The molecule has 1 rings (SSSR count). The third-order valence-corrected chi connectivity index (χ3v) is 3.37. The first-order valence-corrected chi connectivity index (χ1v) is 6.72. The summed E-state index contributed by atoms with van der Waals surface area (Å²) < 4.78 is 2.04. The number of nitrogens with one attached hydrogen (secondary N) is 1. The Morgan fingerprint density at radius 1 is 1.35 bits per heavy atom. The highest BCUT2D eigenvalue weighted by Gasteiger charge is 2.24. The highest BCUT2D eigenvalue weighted by Crippen LogP contribution is 2.24. The maximum absolute atomic E-state index is 4.40. The van der Waals surface area contributed by atoms with Crippen LogP contribution >= 0.6 is 0 Å². The first-order valence-electron chi connectivity index (χ1n) is 6.72. The molecule has 1 heterocycles. The van der Waals surface area contributed by atoms with E-state index in [0.717, 1.165) is 44.7 Å². The van der Waals surface area contributed by atoms with Gasteiger partial charge in [-0.1, -0.05) is 27.7 Å². The van der Waals surface area contributed by atoms with Gasteiger partial charge in [-0.3, -0.25) is 4.68 Å². The Kier molecular flexibility index (Phi) is 5.62. The summed E-state index contributed by atoms with van der Waals surface area (Å²) in [6, 6.07) is 0. The minimum atomic E-state index is 0.272. The van der Waals surface area contributed by atoms with E-state index in [-0.39, 0.29) is 5.41 Å². The van der Waals surface area contributed by atoms with Crippen molar-refractivity contribution in [1.29, 1.82) is 0 Å². The second-order valence-corrected chi connectivity index (χ2v) is 5.02. The van der Waals surface area contributed by atoms with E-state index >= 15 is 0 Å². The summed E-state index contributed by atoms with van der Waals surface area (Å²) in [5, 5.41) is 7.74. The molecular formula is C13H26N4. The van der Waals surface area contributed by atoms with Crippen LogP contribution < -0.4 is 5.32 Å². The van der Waals surface area contributed by atoms with E-state index < -0.39 is 0 Å². The van der Waals surface area contributed by atoms with Gasteiger partial charge in [-0.2, -0.15) is 5.10 Å². The summed E-state index contributed by atoms with van der Waals surface area (Å²) in [4.78, 5) is 4.40. The van der Waals surface area contributed by atoms with Crippen LogP contribution in [0.25, 0.3) is 0 Å². The molecule has 0 aliphatic rings. The lowest BCUT2D eigenvalue weighted by atomic mass is 9.83. The number of nitrogens with zero attached hydrogens (tertiary/aromatic N) is 3. The molecule has 0 radical (unpaired) electrons. The van der Waals surface area contributed by atoms with Crippen molar-refractivity contribution < 1.29 is 0 Å². The van der Waals surface area contributed by atoms with Crippen LogP contribution in [0.15, 0.2) is 6.33 Å². The molecule has 0 saturated heterocycles. The van der Waals surface area contributed by atoms with Gasteiger partial charge in [0.2, 0.25) is 0 Å². The SMILES string of the molecule is CCCn1ncnc1CC(C)(CC)CNCC. The van der Waals surface area contributed by atoms with Crippen molar-refractivity contribution in [2.24, 2.45) is 5.41 Å². The van der Waals surface area contributed by atoms with Crippen molar-refractivity contribution in [2.75, 3.05) is 13.1 Å². The fourth-order valence-electron chi connectivity index (χ4n) is 1.94. The summed E-state index contributed by atoms with van der Waals surface area (Å²) in [5.74, 6) is 1.12. The Morgan fingerprint density at radius 3 is 2.71 bits per heavy atom. The molecule has 1 aromatic rings. The molecule has 0 aromatic carbocycles. The largest absolute Gasteiger partial charge is 0.316 e. The number of hydrogen-bond donors (Lipinski definition) is 1. The van der Waals surface area contributed by atoms with Crippen LogP contribution in [-0.2, 0) is 13.0 Å². The van der Waals surface area contributed by atoms with E-state index in [0.29, 0.717) is 0 Å². The molecule has 1 N–H and O–H groups in total. The van der Waals surface area contributed by atoms with Gasteiger partial charge in [0.25, 0.3) is 0 Å². The highest BCUT2D eigenvalue weighted by atomic mass is 15.3. The predicted molar refractivity (Wildman–Crippen MR) is 71.0 cm³/mol. The van der Waals surface area contributed by atoms with E-state index in [1.165, 1.54) is 0 Å². The molecule has 17 heavy (non-hydrogen) atoms. The quantitative estimate of drug-likeness (QED) is 0.755. The summed E-state index contributed by atoms with van der Waals surface area (Å²) in [5.41, 5.74) is 0.272. The lowest BCUT2D eigenvalue weighted by molar-refractivity contribution is 0.281. The Labute approximate surface area is 105 Å². The van der Waals surface area contributed by atoms with E-state index in [2.05, 4.69) is 43.1 Å². The summed E-state index contributed by atoms with van der Waals surface area (Å²) >= 11 is 0. The smallest absolute Gasteiger partial charge is 0.138 e. The maximum atomic E-state index is 4.40. The molecular weight excluding hydrogens is 212 g/mol. The lowest BCUT2D eigenvalue weighted by Crippen LogP contribution is -2.34. The third-order valence-electron chi connectivity index (χ3n) is 3.37. The van der Waals surface area contributed by atoms with Crippen LogP contribution in [0.5, 0.6) is 0 Å². The second-order valence-electron chi connectivity index (χ2n) is 5.02. The topological polar surface area (TPSA) is 42.7 Å². The lowest BCUT2D eigenvalue weighted by Gasteiger charge is -2.28. The highest BCUT2D eigenvalue weighted by molar-refractivity contribution is 4.93. The number of aromatic nitrogens is 3. The average Bonchev–Trinajstić information content (AvgIpc) is 2.74. The molecule has 0 fully saturated rings. The van der Waals surface area contributed by atoms with E-state index in [9.17, 15) is 0 Å². The van der Waals surface area contributed by atoms with Crippen LogP contribution in [0, 0.1) is 5.41 Å². The van der Waals surface area contributed by atoms with Gasteiger partial charge in [0.1, 0.15) is 12.2 Å². The Balaban J connectivity index is 2.68. The standard InChI is InChI=1S/C13H26N4/c1-5-8-17-12(15-11-16-17)9-13(4,6-2)10-14-7-3/h11,14H,5-10H2,1-4H3. The van der Waals surface area contributed by atoms with Crippen molar-refractivity contribution in [3.05, 3.63) is 12.2 Å². The first-order chi connectivity index (χ1) is 8.15. The van der Waals surface area contributed by atoms with Crippen LogP contribution in [0.1, 0.15) is 46.4 Å². The van der Waals surface area contributed by atoms with Crippen molar-refractivity contribution in [3.8, 4) is 0 Å². The second kappa shape index (κ2) is 6.74. The molecule has 4 heteroatoms. The zero-order valence-electron chi connectivity index (χ0n) is 11.7. The van der Waals surface area contributed by atoms with Gasteiger partial charge in [0.15, 0.2) is 0 Å². The van der Waals surface area contributed by atoms with Crippen LogP contribution in [-0.4, -0.2) is 27.9 Å². The number of aryl methyl sites for hydroxylation is 1. The summed E-state index contributed by atoms with van der Waals surface area (Å²) in [7, 11) is 0. The van der Waals surface area contributed by atoms with Gasteiger partial charge in [-0.05, 0) is 24.8 Å². The number of hydrogen-bond acceptors (Lipinski definition) is 3. The van der Waals surface area contributed by atoms with Crippen molar-refractivity contribution >= 4 is 0 Å². The molecule has 0 bridgehead atoms. The van der Waals surface area contributed by atoms with E-state index in [1.807, 2.05) is 4.68 Å². The zero-order valence-corrected chi connectivity index (χ0v) is 11.7. The van der Waals surface area contributed by atoms with Gasteiger partial charge in [-0.15, -0.1) is 0 Å². The van der Waals surface area contributed by atoms with E-state index in [1.54, 1.807) is 6.33 Å². The molecule has 0 spiro atoms. The summed E-state index contributed by atoms with van der Waals surface area (Å²) in [6.45, 7) is 11.9. The van der Waals surface area contributed by atoms with Crippen LogP contribution in [0.3, 0.4) is 0 Å². The molecule has 98 valence electrons. The maximum Gasteiger partial charge on any atom is 0.138 e. The van der Waals surface area contributed by atoms with Gasteiger partial charge in [0.05, 0.1) is 0 Å². The van der Waals surface area contributed by atoms with Crippen LogP contribution in [0.4, 0.5) is 0 Å².